The fourth-order valence-electron chi connectivity index (χ4n) is 2.58. The largest absolute Gasteiger partial charge is 0.394 e. The number of ether oxygens (including phenoxy) is 1. The highest BCUT2D eigenvalue weighted by Gasteiger charge is 2.32. The van der Waals surface area contributed by atoms with Crippen molar-refractivity contribution in [1.29, 1.82) is 0 Å². The molecule has 0 amide bonds. The van der Waals surface area contributed by atoms with E-state index in [-0.39, 0.29) is 18.3 Å². The van der Waals surface area contributed by atoms with E-state index in [1.807, 2.05) is 0 Å². The monoisotopic (exact) mass is 249 g/mol. The zero-order valence-electron chi connectivity index (χ0n) is 11.5. The average Bonchev–Trinajstić information content (AvgIpc) is 2.30. The Morgan fingerprint density at radius 3 is 2.61 bits per heavy atom. The normalized spacial score (nSPS) is 24.1. The van der Waals surface area contributed by atoms with Gasteiger partial charge in [-0.3, -0.25) is 4.90 Å². The Morgan fingerprint density at radius 1 is 1.33 bits per heavy atom. The molecule has 0 aromatic heterocycles. The molecule has 1 unspecified atom stereocenters. The molecule has 1 saturated heterocycles. The van der Waals surface area contributed by atoms with Crippen LogP contribution in [0, 0.1) is 6.92 Å². The van der Waals surface area contributed by atoms with Gasteiger partial charge in [0.1, 0.15) is 0 Å². The summed E-state index contributed by atoms with van der Waals surface area (Å²) in [6.45, 7) is 8.97. The van der Waals surface area contributed by atoms with E-state index in [0.717, 1.165) is 19.6 Å². The van der Waals surface area contributed by atoms with Crippen LogP contribution in [-0.4, -0.2) is 41.4 Å². The van der Waals surface area contributed by atoms with Crippen molar-refractivity contribution in [2.24, 2.45) is 0 Å². The summed E-state index contributed by atoms with van der Waals surface area (Å²) in [5.41, 5.74) is 2.42. The third kappa shape index (κ3) is 3.55. The lowest BCUT2D eigenvalue weighted by molar-refractivity contribution is -0.150. The molecule has 3 heteroatoms. The summed E-state index contributed by atoms with van der Waals surface area (Å²) >= 11 is 0. The van der Waals surface area contributed by atoms with Crippen molar-refractivity contribution < 1.29 is 9.84 Å². The number of aryl methyl sites for hydroxylation is 1. The van der Waals surface area contributed by atoms with Crippen LogP contribution in [0.25, 0.3) is 0 Å². The third-order valence-electron chi connectivity index (χ3n) is 3.28. The van der Waals surface area contributed by atoms with Crippen LogP contribution >= 0.6 is 0 Å². The molecule has 18 heavy (non-hydrogen) atoms. The van der Waals surface area contributed by atoms with Gasteiger partial charge in [0.05, 0.1) is 18.3 Å². The van der Waals surface area contributed by atoms with Crippen molar-refractivity contribution >= 4 is 0 Å². The van der Waals surface area contributed by atoms with E-state index in [0.29, 0.717) is 0 Å². The average molecular weight is 249 g/mol. The van der Waals surface area contributed by atoms with Gasteiger partial charge in [-0.15, -0.1) is 0 Å². The fourth-order valence-corrected chi connectivity index (χ4v) is 2.58. The quantitative estimate of drug-likeness (QED) is 0.889. The van der Waals surface area contributed by atoms with E-state index in [9.17, 15) is 5.11 Å². The first-order chi connectivity index (χ1) is 8.48. The minimum atomic E-state index is -0.184. The maximum atomic E-state index is 9.29. The zero-order chi connectivity index (χ0) is 13.2. The number of aliphatic hydroxyl groups excluding tert-OH is 1. The Balaban J connectivity index is 2.02. The Hall–Kier alpha value is -0.900. The van der Waals surface area contributed by atoms with Gasteiger partial charge in [0.15, 0.2) is 0 Å². The predicted octanol–water partition coefficient (Wildman–Crippen LogP) is 1.97. The van der Waals surface area contributed by atoms with E-state index in [2.05, 4.69) is 49.9 Å². The SMILES string of the molecule is Cc1ccc(CN2CC(CO)OC(C)(C)C2)cc1. The topological polar surface area (TPSA) is 32.7 Å². The van der Waals surface area contributed by atoms with Gasteiger partial charge >= 0.3 is 0 Å². The van der Waals surface area contributed by atoms with Crippen LogP contribution in [0.4, 0.5) is 0 Å². The molecular formula is C15H23NO2. The van der Waals surface area contributed by atoms with Gasteiger partial charge < -0.3 is 9.84 Å². The van der Waals surface area contributed by atoms with Crippen molar-refractivity contribution in [3.63, 3.8) is 0 Å². The van der Waals surface area contributed by atoms with Gasteiger partial charge in [-0.1, -0.05) is 29.8 Å². The Morgan fingerprint density at radius 2 is 2.00 bits per heavy atom. The molecule has 100 valence electrons. The zero-order valence-corrected chi connectivity index (χ0v) is 11.5. The van der Waals surface area contributed by atoms with Crippen LogP contribution in [-0.2, 0) is 11.3 Å². The maximum absolute atomic E-state index is 9.29. The van der Waals surface area contributed by atoms with Gasteiger partial charge in [0.2, 0.25) is 0 Å². The second kappa shape index (κ2) is 5.39. The Labute approximate surface area is 109 Å². The molecule has 1 atom stereocenters. The molecule has 0 bridgehead atoms. The predicted molar refractivity (Wildman–Crippen MR) is 72.5 cm³/mol. The van der Waals surface area contributed by atoms with Crippen LogP contribution in [0.15, 0.2) is 24.3 Å². The van der Waals surface area contributed by atoms with Crippen LogP contribution < -0.4 is 0 Å². The van der Waals surface area contributed by atoms with Gasteiger partial charge in [0, 0.05) is 19.6 Å². The number of hydrogen-bond acceptors (Lipinski definition) is 3. The lowest BCUT2D eigenvalue weighted by atomic mass is 10.0. The molecule has 1 aliphatic rings. The molecule has 2 rings (SSSR count). The minimum Gasteiger partial charge on any atom is -0.394 e. The summed E-state index contributed by atoms with van der Waals surface area (Å²) in [5.74, 6) is 0. The molecule has 1 N–H and O–H groups in total. The molecule has 0 spiro atoms. The van der Waals surface area contributed by atoms with E-state index >= 15 is 0 Å². The maximum Gasteiger partial charge on any atom is 0.0940 e. The second-order valence-electron chi connectivity index (χ2n) is 5.84. The summed E-state index contributed by atoms with van der Waals surface area (Å²) < 4.78 is 5.82. The van der Waals surface area contributed by atoms with E-state index < -0.39 is 0 Å². The smallest absolute Gasteiger partial charge is 0.0940 e. The molecule has 0 saturated carbocycles. The number of benzene rings is 1. The van der Waals surface area contributed by atoms with Crippen molar-refractivity contribution in [2.75, 3.05) is 19.7 Å². The van der Waals surface area contributed by atoms with Gasteiger partial charge in [-0.05, 0) is 26.3 Å². The molecule has 1 fully saturated rings. The van der Waals surface area contributed by atoms with E-state index in [1.54, 1.807) is 0 Å². The van der Waals surface area contributed by atoms with Crippen LogP contribution in [0.2, 0.25) is 0 Å². The third-order valence-corrected chi connectivity index (χ3v) is 3.28. The van der Waals surface area contributed by atoms with Crippen molar-refractivity contribution in [3.8, 4) is 0 Å². The Kier molecular flexibility index (Phi) is 4.05. The first-order valence-electron chi connectivity index (χ1n) is 6.55. The first kappa shape index (κ1) is 13.5. The molecular weight excluding hydrogens is 226 g/mol. The summed E-state index contributed by atoms with van der Waals surface area (Å²) in [4.78, 5) is 2.36. The summed E-state index contributed by atoms with van der Waals surface area (Å²) in [6.07, 6.45) is -0.0702. The molecule has 1 aliphatic heterocycles. The minimum absolute atomic E-state index is 0.0702. The molecule has 0 aliphatic carbocycles. The van der Waals surface area contributed by atoms with Crippen molar-refractivity contribution in [3.05, 3.63) is 35.4 Å². The highest BCUT2D eigenvalue weighted by atomic mass is 16.5. The van der Waals surface area contributed by atoms with Crippen molar-refractivity contribution in [2.45, 2.75) is 39.0 Å². The van der Waals surface area contributed by atoms with Crippen LogP contribution in [0.1, 0.15) is 25.0 Å². The van der Waals surface area contributed by atoms with Crippen molar-refractivity contribution in [1.82, 2.24) is 4.90 Å². The molecule has 3 nitrogen and oxygen atoms in total. The lowest BCUT2D eigenvalue weighted by Crippen LogP contribution is -2.53. The highest BCUT2D eigenvalue weighted by molar-refractivity contribution is 5.21. The summed E-state index contributed by atoms with van der Waals surface area (Å²) in [7, 11) is 0. The first-order valence-corrected chi connectivity index (χ1v) is 6.55. The number of nitrogens with zero attached hydrogens (tertiary/aromatic N) is 1. The number of morpholine rings is 1. The standard InChI is InChI=1S/C15H23NO2/c1-12-4-6-13(7-5-12)8-16-9-14(10-17)18-15(2,3)11-16/h4-7,14,17H,8-11H2,1-3H3. The fraction of sp³-hybridized carbons (Fsp3) is 0.600. The van der Waals surface area contributed by atoms with E-state index in [1.165, 1.54) is 11.1 Å². The number of aliphatic hydroxyl groups is 1. The van der Waals surface area contributed by atoms with Crippen LogP contribution in [0.5, 0.6) is 0 Å². The molecule has 1 aromatic carbocycles. The summed E-state index contributed by atoms with van der Waals surface area (Å²) in [6, 6.07) is 8.63. The van der Waals surface area contributed by atoms with Crippen LogP contribution in [0.3, 0.4) is 0 Å². The number of hydrogen-bond donors (Lipinski definition) is 1. The summed E-state index contributed by atoms with van der Waals surface area (Å²) in [5, 5.41) is 9.29. The highest BCUT2D eigenvalue weighted by Crippen LogP contribution is 2.22. The van der Waals surface area contributed by atoms with Gasteiger partial charge in [-0.25, -0.2) is 0 Å². The van der Waals surface area contributed by atoms with Gasteiger partial charge in [0.25, 0.3) is 0 Å². The number of rotatable bonds is 3. The van der Waals surface area contributed by atoms with E-state index in [4.69, 9.17) is 4.74 Å². The molecule has 1 heterocycles. The molecule has 1 aromatic rings. The lowest BCUT2D eigenvalue weighted by Gasteiger charge is -2.42. The van der Waals surface area contributed by atoms with Gasteiger partial charge in [-0.2, -0.15) is 0 Å². The molecule has 0 radical (unpaired) electrons. The second-order valence-corrected chi connectivity index (χ2v) is 5.84. The Bertz CT molecular complexity index is 386.